The molecule has 2 aliphatic heterocycles. The lowest BCUT2D eigenvalue weighted by atomic mass is 10.1. The molecule has 6 heteroatoms. The highest BCUT2D eigenvalue weighted by Crippen LogP contribution is 2.20. The van der Waals surface area contributed by atoms with E-state index < -0.39 is 6.04 Å². The highest BCUT2D eigenvalue weighted by Gasteiger charge is 2.23. The van der Waals surface area contributed by atoms with Gasteiger partial charge >= 0.3 is 6.03 Å². The van der Waals surface area contributed by atoms with Crippen molar-refractivity contribution in [1.29, 1.82) is 0 Å². The Bertz CT molecular complexity index is 611. The Labute approximate surface area is 155 Å². The lowest BCUT2D eigenvalue weighted by Crippen LogP contribution is -2.49. The SMILES string of the molecule is CN(Cc1ccc(N2CCCCC2)cc1)C(=O)N[C@H]1CCCCNC1=O. The normalized spacial score (nSPS) is 20.9. The summed E-state index contributed by atoms with van der Waals surface area (Å²) in [4.78, 5) is 28.4. The number of benzene rings is 1. The van der Waals surface area contributed by atoms with Crippen LogP contribution in [0.3, 0.4) is 0 Å². The van der Waals surface area contributed by atoms with Crippen LogP contribution in [0.2, 0.25) is 0 Å². The number of carbonyl (C=O) groups is 2. The minimum atomic E-state index is -0.422. The van der Waals surface area contributed by atoms with Gasteiger partial charge in [-0.15, -0.1) is 0 Å². The molecule has 0 saturated carbocycles. The maximum Gasteiger partial charge on any atom is 0.318 e. The standard InChI is InChI=1S/C20H30N4O2/c1-23(20(26)22-18-7-3-4-12-21-19(18)25)15-16-8-10-17(11-9-16)24-13-5-2-6-14-24/h8-11,18H,2-7,12-15H2,1H3,(H,21,25)(H,22,26)/t18-/m0/s1. The molecule has 1 aromatic rings. The summed E-state index contributed by atoms with van der Waals surface area (Å²) in [6, 6.07) is 7.84. The van der Waals surface area contributed by atoms with E-state index in [1.54, 1.807) is 11.9 Å². The van der Waals surface area contributed by atoms with Gasteiger partial charge in [0.1, 0.15) is 6.04 Å². The fourth-order valence-corrected chi connectivity index (χ4v) is 3.65. The van der Waals surface area contributed by atoms with E-state index in [9.17, 15) is 9.59 Å². The van der Waals surface area contributed by atoms with Crippen molar-refractivity contribution in [3.63, 3.8) is 0 Å². The van der Waals surface area contributed by atoms with E-state index in [1.165, 1.54) is 24.9 Å². The van der Waals surface area contributed by atoms with Crippen LogP contribution in [0.25, 0.3) is 0 Å². The number of piperidine rings is 1. The van der Waals surface area contributed by atoms with Crippen LogP contribution in [0, 0.1) is 0 Å². The van der Waals surface area contributed by atoms with Gasteiger partial charge in [0.15, 0.2) is 0 Å². The van der Waals surface area contributed by atoms with Crippen LogP contribution in [0.15, 0.2) is 24.3 Å². The average molecular weight is 358 g/mol. The van der Waals surface area contributed by atoms with Crippen molar-refractivity contribution in [1.82, 2.24) is 15.5 Å². The van der Waals surface area contributed by atoms with Gasteiger partial charge in [0, 0.05) is 38.9 Å². The van der Waals surface area contributed by atoms with E-state index in [1.807, 2.05) is 0 Å². The first kappa shape index (κ1) is 18.5. The first-order chi connectivity index (χ1) is 12.6. The van der Waals surface area contributed by atoms with Crippen molar-refractivity contribution in [3.05, 3.63) is 29.8 Å². The van der Waals surface area contributed by atoms with E-state index in [0.717, 1.165) is 31.5 Å². The first-order valence-electron chi connectivity index (χ1n) is 9.77. The highest BCUT2D eigenvalue weighted by molar-refractivity contribution is 5.87. The maximum atomic E-state index is 12.4. The Kier molecular flexibility index (Phi) is 6.36. The Balaban J connectivity index is 1.52. The second-order valence-electron chi connectivity index (χ2n) is 7.36. The maximum absolute atomic E-state index is 12.4. The van der Waals surface area contributed by atoms with Gasteiger partial charge in [0.25, 0.3) is 0 Å². The van der Waals surface area contributed by atoms with Crippen LogP contribution in [-0.2, 0) is 11.3 Å². The van der Waals surface area contributed by atoms with Gasteiger partial charge in [-0.25, -0.2) is 4.79 Å². The minimum Gasteiger partial charge on any atom is -0.372 e. The molecule has 2 fully saturated rings. The molecular weight excluding hydrogens is 328 g/mol. The number of nitrogens with zero attached hydrogens (tertiary/aromatic N) is 2. The fraction of sp³-hybridized carbons (Fsp3) is 0.600. The third kappa shape index (κ3) is 4.90. The largest absolute Gasteiger partial charge is 0.372 e. The lowest BCUT2D eigenvalue weighted by Gasteiger charge is -2.29. The van der Waals surface area contributed by atoms with Gasteiger partial charge in [-0.05, 0) is 56.2 Å². The molecule has 0 spiro atoms. The van der Waals surface area contributed by atoms with Crippen LogP contribution in [0.1, 0.15) is 44.1 Å². The van der Waals surface area contributed by atoms with Crippen molar-refractivity contribution in [2.24, 2.45) is 0 Å². The van der Waals surface area contributed by atoms with Crippen LogP contribution >= 0.6 is 0 Å². The van der Waals surface area contributed by atoms with Gasteiger partial charge in [-0.2, -0.15) is 0 Å². The quantitative estimate of drug-likeness (QED) is 0.869. The van der Waals surface area contributed by atoms with Gasteiger partial charge in [-0.1, -0.05) is 12.1 Å². The van der Waals surface area contributed by atoms with Gasteiger partial charge in [0.05, 0.1) is 0 Å². The summed E-state index contributed by atoms with van der Waals surface area (Å²) in [5.74, 6) is -0.0739. The summed E-state index contributed by atoms with van der Waals surface area (Å²) in [5.41, 5.74) is 2.35. The molecule has 0 aliphatic carbocycles. The van der Waals surface area contributed by atoms with Crippen molar-refractivity contribution in [2.45, 2.75) is 51.1 Å². The molecule has 3 amide bonds. The first-order valence-corrected chi connectivity index (χ1v) is 9.77. The predicted molar refractivity (Wildman–Crippen MR) is 103 cm³/mol. The number of hydrogen-bond acceptors (Lipinski definition) is 3. The zero-order valence-electron chi connectivity index (χ0n) is 15.7. The summed E-state index contributed by atoms with van der Waals surface area (Å²) in [6.45, 7) is 3.49. The number of rotatable bonds is 4. The third-order valence-corrected chi connectivity index (χ3v) is 5.26. The van der Waals surface area contributed by atoms with E-state index in [4.69, 9.17) is 0 Å². The van der Waals surface area contributed by atoms with Crippen molar-refractivity contribution < 1.29 is 9.59 Å². The molecule has 2 heterocycles. The molecule has 3 rings (SSSR count). The summed E-state index contributed by atoms with van der Waals surface area (Å²) in [6.07, 6.45) is 6.48. The molecule has 0 radical (unpaired) electrons. The van der Waals surface area contributed by atoms with Crippen molar-refractivity contribution >= 4 is 17.6 Å². The molecule has 2 aliphatic rings. The number of anilines is 1. The zero-order valence-corrected chi connectivity index (χ0v) is 15.7. The summed E-state index contributed by atoms with van der Waals surface area (Å²) < 4.78 is 0. The number of amides is 3. The molecule has 0 unspecified atom stereocenters. The van der Waals surface area contributed by atoms with Crippen LogP contribution in [0.5, 0.6) is 0 Å². The fourth-order valence-electron chi connectivity index (χ4n) is 3.65. The Morgan fingerprint density at radius 1 is 1.15 bits per heavy atom. The topological polar surface area (TPSA) is 64.7 Å². The van der Waals surface area contributed by atoms with Crippen molar-refractivity contribution in [2.75, 3.05) is 31.6 Å². The number of carbonyl (C=O) groups excluding carboxylic acids is 2. The molecular formula is C20H30N4O2. The van der Waals surface area contributed by atoms with E-state index in [0.29, 0.717) is 19.5 Å². The Morgan fingerprint density at radius 3 is 2.62 bits per heavy atom. The molecule has 1 aromatic carbocycles. The van der Waals surface area contributed by atoms with Gasteiger partial charge in [-0.3, -0.25) is 4.79 Å². The minimum absolute atomic E-state index is 0.0739. The smallest absolute Gasteiger partial charge is 0.318 e. The molecule has 2 saturated heterocycles. The molecule has 26 heavy (non-hydrogen) atoms. The molecule has 142 valence electrons. The van der Waals surface area contributed by atoms with Gasteiger partial charge in [0.2, 0.25) is 5.91 Å². The average Bonchev–Trinajstić information content (AvgIpc) is 2.87. The van der Waals surface area contributed by atoms with E-state index in [2.05, 4.69) is 39.8 Å². The van der Waals surface area contributed by atoms with Crippen LogP contribution < -0.4 is 15.5 Å². The Hall–Kier alpha value is -2.24. The van der Waals surface area contributed by atoms with E-state index in [-0.39, 0.29) is 11.9 Å². The molecule has 1 atom stereocenters. The third-order valence-electron chi connectivity index (χ3n) is 5.26. The second kappa shape index (κ2) is 8.92. The summed E-state index contributed by atoms with van der Waals surface area (Å²) in [7, 11) is 1.77. The number of nitrogens with one attached hydrogen (secondary N) is 2. The lowest BCUT2D eigenvalue weighted by molar-refractivity contribution is -0.122. The summed E-state index contributed by atoms with van der Waals surface area (Å²) in [5, 5.41) is 5.71. The highest BCUT2D eigenvalue weighted by atomic mass is 16.2. The molecule has 6 nitrogen and oxygen atoms in total. The molecule has 0 bridgehead atoms. The van der Waals surface area contributed by atoms with Crippen molar-refractivity contribution in [3.8, 4) is 0 Å². The zero-order chi connectivity index (χ0) is 18.4. The number of urea groups is 1. The monoisotopic (exact) mass is 358 g/mol. The van der Waals surface area contributed by atoms with Crippen LogP contribution in [-0.4, -0.2) is 49.6 Å². The molecule has 0 aromatic heterocycles. The second-order valence-corrected chi connectivity index (χ2v) is 7.36. The van der Waals surface area contributed by atoms with Gasteiger partial charge < -0.3 is 20.4 Å². The van der Waals surface area contributed by atoms with Crippen LogP contribution in [0.4, 0.5) is 10.5 Å². The Morgan fingerprint density at radius 2 is 1.88 bits per heavy atom. The molecule has 2 N–H and O–H groups in total. The summed E-state index contributed by atoms with van der Waals surface area (Å²) >= 11 is 0. The van der Waals surface area contributed by atoms with E-state index >= 15 is 0 Å². The number of hydrogen-bond donors (Lipinski definition) is 2. The predicted octanol–water partition coefficient (Wildman–Crippen LogP) is 2.49.